The van der Waals surface area contributed by atoms with E-state index in [0.29, 0.717) is 21.6 Å². The lowest BCUT2D eigenvalue weighted by Gasteiger charge is -2.17. The molecule has 3 aromatic rings. The fourth-order valence-electron chi connectivity index (χ4n) is 3.33. The van der Waals surface area contributed by atoms with Crippen molar-refractivity contribution in [3.63, 3.8) is 0 Å². The van der Waals surface area contributed by atoms with Crippen LogP contribution in [-0.4, -0.2) is 47.6 Å². The first-order valence-corrected chi connectivity index (χ1v) is 12.2. The van der Waals surface area contributed by atoms with Gasteiger partial charge in [0.1, 0.15) is 22.2 Å². The molecular weight excluding hydrogens is 537 g/mol. The largest absolute Gasteiger partial charge is 0.468 e. The molecule has 5 N–H and O–H groups in total. The van der Waals surface area contributed by atoms with Crippen LogP contribution >= 0.6 is 23.2 Å². The van der Waals surface area contributed by atoms with Crippen LogP contribution < -0.4 is 16.7 Å². The first kappa shape index (κ1) is 27.1. The average molecular weight is 556 g/mol. The van der Waals surface area contributed by atoms with E-state index < -0.39 is 50.5 Å². The Morgan fingerprint density at radius 3 is 2.58 bits per heavy atom. The fraction of sp³-hybridized carbons (Fsp3) is 0.190. The van der Waals surface area contributed by atoms with Crippen molar-refractivity contribution in [2.24, 2.45) is 16.9 Å². The highest BCUT2D eigenvalue weighted by Crippen LogP contribution is 2.29. The SMILES string of the molecule is COC(=O)[C@@H](Cc1nc2ccc(Cl)cc2[nH]c1=O)/C(=N\N)C(=O)Nc1cc(C)c(Cl)cc1S(=O)(=O)O. The maximum absolute atomic E-state index is 13.0. The maximum atomic E-state index is 13.0. The number of nitrogens with zero attached hydrogens (tertiary/aromatic N) is 2. The van der Waals surface area contributed by atoms with Gasteiger partial charge < -0.3 is 20.9 Å². The molecule has 0 bridgehead atoms. The summed E-state index contributed by atoms with van der Waals surface area (Å²) in [5.41, 5.74) is -0.620. The van der Waals surface area contributed by atoms with Gasteiger partial charge in [-0.05, 0) is 42.8 Å². The number of aromatic nitrogens is 2. The van der Waals surface area contributed by atoms with Gasteiger partial charge in [-0.1, -0.05) is 23.2 Å². The molecule has 1 heterocycles. The lowest BCUT2D eigenvalue weighted by atomic mass is 9.96. The Kier molecular flexibility index (Phi) is 7.99. The van der Waals surface area contributed by atoms with Gasteiger partial charge in [0.25, 0.3) is 21.6 Å². The van der Waals surface area contributed by atoms with Crippen LogP contribution in [0.25, 0.3) is 11.0 Å². The van der Waals surface area contributed by atoms with Crippen molar-refractivity contribution in [3.05, 3.63) is 62.0 Å². The highest BCUT2D eigenvalue weighted by molar-refractivity contribution is 7.86. The third-order valence-corrected chi connectivity index (χ3v) is 6.63. The zero-order chi connectivity index (χ0) is 26.8. The number of halogens is 2. The van der Waals surface area contributed by atoms with Crippen molar-refractivity contribution in [3.8, 4) is 0 Å². The van der Waals surface area contributed by atoms with Gasteiger partial charge in [0.15, 0.2) is 0 Å². The number of esters is 1. The van der Waals surface area contributed by atoms with Crippen LogP contribution in [0.1, 0.15) is 11.3 Å². The molecule has 0 unspecified atom stereocenters. The molecule has 3 rings (SSSR count). The number of anilines is 1. The molecule has 190 valence electrons. The van der Waals surface area contributed by atoms with Crippen LogP contribution in [0, 0.1) is 12.8 Å². The summed E-state index contributed by atoms with van der Waals surface area (Å²) in [6, 6.07) is 6.75. The number of hydrogen-bond donors (Lipinski definition) is 4. The summed E-state index contributed by atoms with van der Waals surface area (Å²) in [5.74, 6) is 1.85. The van der Waals surface area contributed by atoms with E-state index in [1.165, 1.54) is 19.1 Å². The zero-order valence-electron chi connectivity index (χ0n) is 18.7. The van der Waals surface area contributed by atoms with Crippen molar-refractivity contribution in [2.45, 2.75) is 18.2 Å². The third kappa shape index (κ3) is 5.82. The van der Waals surface area contributed by atoms with E-state index in [0.717, 1.165) is 13.2 Å². The molecule has 1 amide bonds. The van der Waals surface area contributed by atoms with Crippen LogP contribution in [-0.2, 0) is 30.9 Å². The smallest absolute Gasteiger partial charge is 0.315 e. The molecular formula is C21H19Cl2N5O7S. The predicted octanol–water partition coefficient (Wildman–Crippen LogP) is 2.07. The molecule has 0 saturated carbocycles. The molecule has 1 atom stereocenters. The highest BCUT2D eigenvalue weighted by Gasteiger charge is 2.33. The maximum Gasteiger partial charge on any atom is 0.315 e. The molecule has 15 heteroatoms. The number of benzene rings is 2. The second kappa shape index (κ2) is 10.6. The Hall–Kier alpha value is -3.52. The molecule has 0 aliphatic heterocycles. The standard InChI is InChI=1S/C21H19Cl2N5O7S/c1-9-5-15(17(8-12(9)23)36(32,33)34)27-20(30)18(28-24)11(21(31)35-2)7-16-19(29)26-14-6-10(22)3-4-13(14)25-16/h3-6,8,11H,7,24H2,1-2H3,(H,26,29)(H,27,30)(H,32,33,34)/b28-18+/t11-/m0/s1. The normalized spacial score (nSPS) is 12.9. The van der Waals surface area contributed by atoms with E-state index in [2.05, 4.69) is 20.4 Å². The van der Waals surface area contributed by atoms with Gasteiger partial charge in [-0.3, -0.25) is 18.9 Å². The summed E-state index contributed by atoms with van der Waals surface area (Å²) in [5, 5.41) is 6.04. The van der Waals surface area contributed by atoms with Gasteiger partial charge in [-0.2, -0.15) is 13.5 Å². The van der Waals surface area contributed by atoms with E-state index in [1.54, 1.807) is 12.1 Å². The number of carbonyl (C=O) groups is 2. The number of carbonyl (C=O) groups excluding carboxylic acids is 2. The minimum absolute atomic E-state index is 0.0173. The number of hydrogen-bond acceptors (Lipinski definition) is 9. The quantitative estimate of drug-likeness (QED) is 0.111. The molecule has 12 nitrogen and oxygen atoms in total. The summed E-state index contributed by atoms with van der Waals surface area (Å²) < 4.78 is 37.9. The van der Waals surface area contributed by atoms with E-state index >= 15 is 0 Å². The van der Waals surface area contributed by atoms with Crippen LogP contribution in [0.5, 0.6) is 0 Å². The number of fused-ring (bicyclic) bond motifs is 1. The molecule has 2 aromatic carbocycles. The Morgan fingerprint density at radius 1 is 1.28 bits per heavy atom. The van der Waals surface area contributed by atoms with E-state index in [-0.39, 0.29) is 16.4 Å². The Morgan fingerprint density at radius 2 is 1.97 bits per heavy atom. The number of aromatic amines is 1. The molecule has 0 saturated heterocycles. The van der Waals surface area contributed by atoms with Gasteiger partial charge in [0.2, 0.25) is 0 Å². The molecule has 0 fully saturated rings. The number of aryl methyl sites for hydroxylation is 1. The third-order valence-electron chi connectivity index (χ3n) is 5.10. The van der Waals surface area contributed by atoms with Crippen molar-refractivity contribution < 1.29 is 27.3 Å². The topological polar surface area (TPSA) is 194 Å². The van der Waals surface area contributed by atoms with Crippen LogP contribution in [0.15, 0.2) is 45.1 Å². The second-order valence-electron chi connectivity index (χ2n) is 7.50. The first-order valence-electron chi connectivity index (χ1n) is 9.98. The fourth-order valence-corrected chi connectivity index (χ4v) is 4.38. The summed E-state index contributed by atoms with van der Waals surface area (Å²) in [6.07, 6.45) is -0.436. The summed E-state index contributed by atoms with van der Waals surface area (Å²) in [6.45, 7) is 1.53. The molecule has 36 heavy (non-hydrogen) atoms. The number of nitrogens with two attached hydrogens (primary N) is 1. The lowest BCUT2D eigenvalue weighted by molar-refractivity contribution is -0.143. The number of hydrazone groups is 1. The molecule has 0 radical (unpaired) electrons. The highest BCUT2D eigenvalue weighted by atomic mass is 35.5. The number of ether oxygens (including phenoxy) is 1. The monoisotopic (exact) mass is 555 g/mol. The van der Waals surface area contributed by atoms with Crippen molar-refractivity contribution in [2.75, 3.05) is 12.4 Å². The average Bonchev–Trinajstić information content (AvgIpc) is 2.80. The minimum Gasteiger partial charge on any atom is -0.468 e. The van der Waals surface area contributed by atoms with Gasteiger partial charge in [0.05, 0.1) is 23.8 Å². The first-order chi connectivity index (χ1) is 16.8. The summed E-state index contributed by atoms with van der Waals surface area (Å²) >= 11 is 11.9. The summed E-state index contributed by atoms with van der Waals surface area (Å²) in [4.78, 5) is 44.3. The minimum atomic E-state index is -4.80. The van der Waals surface area contributed by atoms with Crippen LogP contribution in [0.2, 0.25) is 10.0 Å². The van der Waals surface area contributed by atoms with E-state index in [4.69, 9.17) is 33.8 Å². The number of rotatable bonds is 7. The van der Waals surface area contributed by atoms with E-state index in [1.807, 2.05) is 0 Å². The van der Waals surface area contributed by atoms with E-state index in [9.17, 15) is 27.4 Å². The zero-order valence-corrected chi connectivity index (χ0v) is 21.0. The lowest BCUT2D eigenvalue weighted by Crippen LogP contribution is -2.38. The number of nitrogens with one attached hydrogen (secondary N) is 2. The van der Waals surface area contributed by atoms with Gasteiger partial charge in [0, 0.05) is 16.5 Å². The molecule has 1 aromatic heterocycles. The van der Waals surface area contributed by atoms with Crippen molar-refractivity contribution in [1.82, 2.24) is 9.97 Å². The van der Waals surface area contributed by atoms with Crippen LogP contribution in [0.4, 0.5) is 5.69 Å². The Balaban J connectivity index is 2.01. The number of methoxy groups -OCH3 is 1. The van der Waals surface area contributed by atoms with Crippen molar-refractivity contribution in [1.29, 1.82) is 0 Å². The number of H-pyrrole nitrogens is 1. The van der Waals surface area contributed by atoms with Gasteiger partial charge in [-0.15, -0.1) is 0 Å². The van der Waals surface area contributed by atoms with Crippen LogP contribution in [0.3, 0.4) is 0 Å². The Labute approximate surface area is 214 Å². The summed E-state index contributed by atoms with van der Waals surface area (Å²) in [7, 11) is -3.74. The molecule has 0 aliphatic carbocycles. The van der Waals surface area contributed by atoms with Crippen molar-refractivity contribution >= 4 is 67.6 Å². The second-order valence-corrected chi connectivity index (χ2v) is 9.73. The van der Waals surface area contributed by atoms with Gasteiger partial charge in [-0.25, -0.2) is 4.98 Å². The molecule has 0 aliphatic rings. The van der Waals surface area contributed by atoms with Gasteiger partial charge >= 0.3 is 5.97 Å². The number of amides is 1. The predicted molar refractivity (Wildman–Crippen MR) is 133 cm³/mol. The Bertz CT molecular complexity index is 1570. The molecule has 0 spiro atoms.